The van der Waals surface area contributed by atoms with Gasteiger partial charge in [-0.1, -0.05) is 29.1 Å². The number of nitrogens with two attached hydrogens (primary N) is 1. The van der Waals surface area contributed by atoms with Crippen LogP contribution in [0.15, 0.2) is 36.8 Å². The van der Waals surface area contributed by atoms with Gasteiger partial charge >= 0.3 is 0 Å². The summed E-state index contributed by atoms with van der Waals surface area (Å²) >= 11 is 12.2. The van der Waals surface area contributed by atoms with E-state index in [1.54, 1.807) is 0 Å². The second-order valence-electron chi connectivity index (χ2n) is 6.72. The fraction of sp³-hybridized carbons (Fsp3) is 0.0909. The number of anilines is 2. The summed E-state index contributed by atoms with van der Waals surface area (Å²) in [5.41, 5.74) is 5.98. The Morgan fingerprint density at radius 3 is 2.50 bits per heavy atom. The molecule has 1 aromatic carbocycles. The lowest BCUT2D eigenvalue weighted by Crippen LogP contribution is -2.29. The fourth-order valence-corrected chi connectivity index (χ4v) is 3.43. The number of rotatable bonds is 6. The highest BCUT2D eigenvalue weighted by Crippen LogP contribution is 2.34. The van der Waals surface area contributed by atoms with Crippen LogP contribution < -0.4 is 16.4 Å². The lowest BCUT2D eigenvalue weighted by Gasteiger charge is -2.13. The quantitative estimate of drug-likeness (QED) is 0.428. The van der Waals surface area contributed by atoms with E-state index in [0.29, 0.717) is 0 Å². The second kappa shape index (κ2) is 10.4. The molecule has 0 aliphatic rings. The van der Waals surface area contributed by atoms with Crippen LogP contribution in [0, 0.1) is 18.2 Å². The van der Waals surface area contributed by atoms with Crippen molar-refractivity contribution in [2.24, 2.45) is 0 Å². The lowest BCUT2D eigenvalue weighted by molar-refractivity contribution is 0.0887. The molecule has 0 aliphatic carbocycles. The number of benzene rings is 1. The van der Waals surface area contributed by atoms with E-state index in [9.17, 15) is 22.8 Å². The Morgan fingerprint density at radius 1 is 1.12 bits per heavy atom. The summed E-state index contributed by atoms with van der Waals surface area (Å²) in [6.07, 6.45) is 6.42. The summed E-state index contributed by atoms with van der Waals surface area (Å²) in [5, 5.41) is 4.08. The number of aromatic nitrogens is 2. The van der Waals surface area contributed by atoms with Crippen LogP contribution in [-0.4, -0.2) is 34.8 Å². The van der Waals surface area contributed by atoms with Gasteiger partial charge in [-0.15, -0.1) is 6.42 Å². The van der Waals surface area contributed by atoms with Gasteiger partial charge in [0, 0.05) is 17.3 Å². The summed E-state index contributed by atoms with van der Waals surface area (Å²) in [7, 11) is 0. The zero-order valence-corrected chi connectivity index (χ0v) is 18.5. The number of alkyl halides is 2. The van der Waals surface area contributed by atoms with Crippen LogP contribution in [0.3, 0.4) is 0 Å². The number of hydrogen-bond acceptors (Lipinski definition) is 5. The van der Waals surface area contributed by atoms with Crippen LogP contribution in [-0.2, 0) is 0 Å². The van der Waals surface area contributed by atoms with Crippen molar-refractivity contribution >= 4 is 46.4 Å². The maximum absolute atomic E-state index is 14.9. The van der Waals surface area contributed by atoms with Crippen LogP contribution in [0.5, 0.6) is 0 Å². The van der Waals surface area contributed by atoms with E-state index in [-0.39, 0.29) is 49.4 Å². The first-order chi connectivity index (χ1) is 16.1. The summed E-state index contributed by atoms with van der Waals surface area (Å²) in [5.74, 6) is -0.162. The van der Waals surface area contributed by atoms with Crippen LogP contribution >= 0.6 is 23.2 Å². The molecule has 34 heavy (non-hydrogen) atoms. The molecule has 0 spiro atoms. The molecule has 0 radical (unpaired) electrons. The van der Waals surface area contributed by atoms with Crippen molar-refractivity contribution in [3.05, 3.63) is 69.5 Å². The minimum absolute atomic E-state index is 0.0155. The fourth-order valence-electron chi connectivity index (χ4n) is 2.92. The number of amides is 2. The summed E-state index contributed by atoms with van der Waals surface area (Å²) in [4.78, 5) is 32.2. The molecule has 3 aromatic rings. The number of nitrogens with zero attached hydrogens (tertiary/aromatic N) is 2. The standard InChI is InChI=1S/C22H14Cl2F3N5O2/c1-2-10-6-29-8-17(28)19(10)13-4-14(23)12(5-16(13)25)21(33)32-11-3-15(24)20(30-7-11)22(34)31-9-18(26)27/h1,3-8,18H,9,28H2,(H,31,34)(H,32,33). The maximum Gasteiger partial charge on any atom is 0.271 e. The lowest BCUT2D eigenvalue weighted by atomic mass is 9.98. The van der Waals surface area contributed by atoms with Gasteiger partial charge in [0.05, 0.1) is 51.5 Å². The van der Waals surface area contributed by atoms with Gasteiger partial charge in [-0.05, 0) is 18.2 Å². The van der Waals surface area contributed by atoms with E-state index in [2.05, 4.69) is 21.2 Å². The van der Waals surface area contributed by atoms with Crippen molar-refractivity contribution < 1.29 is 22.8 Å². The van der Waals surface area contributed by atoms with Gasteiger partial charge < -0.3 is 16.4 Å². The van der Waals surface area contributed by atoms with E-state index in [4.69, 9.17) is 35.4 Å². The number of pyridine rings is 2. The Kier molecular flexibility index (Phi) is 7.61. The molecule has 0 unspecified atom stereocenters. The van der Waals surface area contributed by atoms with Gasteiger partial charge in [0.25, 0.3) is 18.2 Å². The van der Waals surface area contributed by atoms with Crippen molar-refractivity contribution in [2.75, 3.05) is 17.6 Å². The monoisotopic (exact) mass is 507 g/mol. The highest BCUT2D eigenvalue weighted by atomic mass is 35.5. The summed E-state index contributed by atoms with van der Waals surface area (Å²) in [6, 6.07) is 3.30. The molecular weight excluding hydrogens is 494 g/mol. The number of carbonyl (C=O) groups is 2. The first-order valence-corrected chi connectivity index (χ1v) is 10.1. The van der Waals surface area contributed by atoms with Crippen molar-refractivity contribution in [1.29, 1.82) is 0 Å². The zero-order valence-electron chi connectivity index (χ0n) is 17.0. The van der Waals surface area contributed by atoms with Gasteiger partial charge in [-0.3, -0.25) is 14.6 Å². The molecule has 0 saturated heterocycles. The van der Waals surface area contributed by atoms with Crippen molar-refractivity contribution in [1.82, 2.24) is 15.3 Å². The topological polar surface area (TPSA) is 110 Å². The third-order valence-electron chi connectivity index (χ3n) is 4.43. The average Bonchev–Trinajstić information content (AvgIpc) is 2.78. The van der Waals surface area contributed by atoms with Gasteiger partial charge in [-0.2, -0.15) is 0 Å². The number of terminal acetylenes is 1. The number of hydrogen-bond donors (Lipinski definition) is 3. The van der Waals surface area contributed by atoms with Gasteiger partial charge in [0.15, 0.2) is 0 Å². The van der Waals surface area contributed by atoms with Crippen molar-refractivity contribution in [3.63, 3.8) is 0 Å². The summed E-state index contributed by atoms with van der Waals surface area (Å²) < 4.78 is 39.4. The Labute approximate surface area is 201 Å². The molecule has 174 valence electrons. The minimum Gasteiger partial charge on any atom is -0.397 e. The first kappa shape index (κ1) is 24.8. The number of nitrogen functional groups attached to an aromatic ring is 1. The SMILES string of the molecule is C#Cc1cncc(N)c1-c1cc(Cl)c(C(=O)Nc2cnc(C(=O)NCC(F)F)c(Cl)c2)cc1F. The van der Waals surface area contributed by atoms with Crippen molar-refractivity contribution in [2.45, 2.75) is 6.43 Å². The Balaban J connectivity index is 1.85. The zero-order chi connectivity index (χ0) is 25.0. The molecule has 4 N–H and O–H groups in total. The molecule has 2 heterocycles. The van der Waals surface area contributed by atoms with E-state index >= 15 is 0 Å². The second-order valence-corrected chi connectivity index (χ2v) is 7.53. The Bertz CT molecular complexity index is 1330. The molecule has 0 atom stereocenters. The number of halogens is 5. The molecule has 2 amide bonds. The molecule has 0 bridgehead atoms. The number of nitrogens with one attached hydrogen (secondary N) is 2. The normalized spacial score (nSPS) is 10.6. The molecule has 0 saturated carbocycles. The molecule has 3 rings (SSSR count). The Morgan fingerprint density at radius 2 is 1.85 bits per heavy atom. The maximum atomic E-state index is 14.9. The van der Waals surface area contributed by atoms with E-state index in [1.165, 1.54) is 24.5 Å². The average molecular weight is 508 g/mol. The predicted octanol–water partition coefficient (Wildman–Crippen LogP) is 4.40. The van der Waals surface area contributed by atoms with Crippen molar-refractivity contribution in [3.8, 4) is 23.5 Å². The molecule has 2 aromatic heterocycles. The van der Waals surface area contributed by atoms with Crippen LogP contribution in [0.4, 0.5) is 24.5 Å². The van der Waals surface area contributed by atoms with Gasteiger partial charge in [-0.25, -0.2) is 18.2 Å². The molecule has 7 nitrogen and oxygen atoms in total. The van der Waals surface area contributed by atoms with Crippen LogP contribution in [0.25, 0.3) is 11.1 Å². The van der Waals surface area contributed by atoms with E-state index in [1.807, 2.05) is 5.32 Å². The first-order valence-electron chi connectivity index (χ1n) is 9.35. The van der Waals surface area contributed by atoms with Crippen LogP contribution in [0.2, 0.25) is 10.0 Å². The van der Waals surface area contributed by atoms with Gasteiger partial charge in [0.1, 0.15) is 11.5 Å². The van der Waals surface area contributed by atoms with E-state index < -0.39 is 30.6 Å². The number of carbonyl (C=O) groups excluding carboxylic acids is 2. The smallest absolute Gasteiger partial charge is 0.271 e. The predicted molar refractivity (Wildman–Crippen MR) is 123 cm³/mol. The third kappa shape index (κ3) is 5.39. The molecular formula is C22H14Cl2F3N5O2. The highest BCUT2D eigenvalue weighted by molar-refractivity contribution is 6.35. The molecule has 0 fully saturated rings. The van der Waals surface area contributed by atoms with E-state index in [0.717, 1.165) is 12.3 Å². The van der Waals surface area contributed by atoms with Gasteiger partial charge in [0.2, 0.25) is 0 Å². The summed E-state index contributed by atoms with van der Waals surface area (Å²) in [6.45, 7) is -0.872. The van der Waals surface area contributed by atoms with Crippen LogP contribution in [0.1, 0.15) is 26.4 Å². The highest BCUT2D eigenvalue weighted by Gasteiger charge is 2.20. The molecule has 0 aliphatic heterocycles. The Hall–Kier alpha value is -3.81. The third-order valence-corrected chi connectivity index (χ3v) is 5.03. The largest absolute Gasteiger partial charge is 0.397 e. The minimum atomic E-state index is -2.74. The molecule has 12 heteroatoms.